The normalized spacial score (nSPS) is 11.7. The third-order valence-corrected chi connectivity index (χ3v) is 4.68. The number of halogens is 2. The van der Waals surface area contributed by atoms with Crippen molar-refractivity contribution in [2.24, 2.45) is 0 Å². The lowest BCUT2D eigenvalue weighted by molar-refractivity contribution is 0.476. The van der Waals surface area contributed by atoms with Gasteiger partial charge in [0.15, 0.2) is 5.75 Å². The van der Waals surface area contributed by atoms with Gasteiger partial charge in [-0.05, 0) is 12.1 Å². The number of aromatic nitrogens is 1. The van der Waals surface area contributed by atoms with Crippen LogP contribution in [-0.4, -0.2) is 10.1 Å². The maximum Gasteiger partial charge on any atom is 0.152 e. The second-order valence-electron chi connectivity index (χ2n) is 5.52. The molecule has 0 aliphatic carbocycles. The van der Waals surface area contributed by atoms with Crippen LogP contribution < -0.4 is 5.32 Å². The zero-order valence-electron chi connectivity index (χ0n) is 11.5. The number of thiazole rings is 1. The number of anilines is 1. The van der Waals surface area contributed by atoms with Crippen molar-refractivity contribution in [2.45, 2.75) is 32.7 Å². The molecule has 0 amide bonds. The van der Waals surface area contributed by atoms with Crippen LogP contribution in [0.2, 0.25) is 10.0 Å². The van der Waals surface area contributed by atoms with Crippen LogP contribution in [0, 0.1) is 0 Å². The molecule has 0 saturated carbocycles. The third-order valence-electron chi connectivity index (χ3n) is 2.68. The molecule has 0 unspecified atom stereocenters. The minimum Gasteiger partial charge on any atom is -0.505 e. The number of nitrogens with zero attached hydrogens (tertiary/aromatic N) is 1. The molecule has 108 valence electrons. The van der Waals surface area contributed by atoms with Crippen LogP contribution in [0.1, 0.15) is 30.7 Å². The molecular formula is C14H16Cl2N2OS. The number of phenolic OH excluding ortho intramolecular Hbond substituents is 1. The highest BCUT2D eigenvalue weighted by Crippen LogP contribution is 2.35. The predicted octanol–water partition coefficient (Wildman–Crippen LogP) is 5.07. The Hall–Kier alpha value is -0.970. The Bertz CT molecular complexity index is 597. The number of nitrogens with one attached hydrogen (secondary N) is 1. The van der Waals surface area contributed by atoms with Crippen molar-refractivity contribution < 1.29 is 5.11 Å². The summed E-state index contributed by atoms with van der Waals surface area (Å²) in [6, 6.07) is 3.29. The summed E-state index contributed by atoms with van der Waals surface area (Å²) in [7, 11) is 0. The largest absolute Gasteiger partial charge is 0.505 e. The summed E-state index contributed by atoms with van der Waals surface area (Å²) >= 11 is 13.4. The molecule has 1 heterocycles. The van der Waals surface area contributed by atoms with E-state index in [2.05, 4.69) is 31.1 Å². The Kier molecular flexibility index (Phi) is 4.47. The Labute approximate surface area is 132 Å². The van der Waals surface area contributed by atoms with E-state index in [0.29, 0.717) is 6.54 Å². The molecule has 0 saturated heterocycles. The Morgan fingerprint density at radius 2 is 1.85 bits per heavy atom. The molecule has 0 aliphatic heterocycles. The van der Waals surface area contributed by atoms with Crippen molar-refractivity contribution in [1.82, 2.24) is 4.98 Å². The SMILES string of the molecule is CC(C)(C)c1ncc(CNc2cc(Cl)c(O)c(Cl)c2)s1. The van der Waals surface area contributed by atoms with Gasteiger partial charge < -0.3 is 10.4 Å². The summed E-state index contributed by atoms with van der Waals surface area (Å²) in [5.74, 6) is -0.0910. The first-order chi connectivity index (χ1) is 9.27. The molecule has 2 rings (SSSR count). The van der Waals surface area contributed by atoms with Gasteiger partial charge in [-0.15, -0.1) is 11.3 Å². The summed E-state index contributed by atoms with van der Waals surface area (Å²) in [4.78, 5) is 5.57. The second-order valence-corrected chi connectivity index (χ2v) is 7.45. The van der Waals surface area contributed by atoms with Gasteiger partial charge >= 0.3 is 0 Å². The maximum atomic E-state index is 9.51. The quantitative estimate of drug-likeness (QED) is 0.772. The topological polar surface area (TPSA) is 45.2 Å². The minimum absolute atomic E-state index is 0.0636. The Balaban J connectivity index is 2.08. The molecule has 6 heteroatoms. The first kappa shape index (κ1) is 15.4. The van der Waals surface area contributed by atoms with E-state index in [1.54, 1.807) is 23.5 Å². The summed E-state index contributed by atoms with van der Waals surface area (Å²) in [6.07, 6.45) is 1.88. The van der Waals surface area contributed by atoms with Crippen LogP contribution in [0.25, 0.3) is 0 Å². The standard InChI is InChI=1S/C14H16Cl2N2OS/c1-14(2,3)13-18-7-9(20-13)6-17-8-4-10(15)12(19)11(16)5-8/h4-5,7,17,19H,6H2,1-3H3. The predicted molar refractivity (Wildman–Crippen MR) is 86.3 cm³/mol. The summed E-state index contributed by atoms with van der Waals surface area (Å²) in [6.45, 7) is 7.07. The minimum atomic E-state index is -0.0910. The number of benzene rings is 1. The monoisotopic (exact) mass is 330 g/mol. The number of aromatic hydroxyl groups is 1. The summed E-state index contributed by atoms with van der Waals surface area (Å²) in [5, 5.41) is 14.3. The van der Waals surface area contributed by atoms with Gasteiger partial charge in [-0.3, -0.25) is 0 Å². The lowest BCUT2D eigenvalue weighted by Gasteiger charge is -2.13. The molecule has 0 fully saturated rings. The molecule has 20 heavy (non-hydrogen) atoms. The van der Waals surface area contributed by atoms with Crippen molar-refractivity contribution in [1.29, 1.82) is 0 Å². The van der Waals surface area contributed by atoms with E-state index in [0.717, 1.165) is 15.6 Å². The summed E-state index contributed by atoms with van der Waals surface area (Å²) in [5.41, 5.74) is 0.831. The van der Waals surface area contributed by atoms with Gasteiger partial charge in [-0.25, -0.2) is 4.98 Å². The van der Waals surface area contributed by atoms with E-state index in [1.807, 2.05) is 6.20 Å². The van der Waals surface area contributed by atoms with E-state index < -0.39 is 0 Å². The van der Waals surface area contributed by atoms with Crippen LogP contribution in [0.4, 0.5) is 5.69 Å². The van der Waals surface area contributed by atoms with Crippen molar-refractivity contribution in [2.75, 3.05) is 5.32 Å². The molecule has 0 bridgehead atoms. The lowest BCUT2D eigenvalue weighted by Crippen LogP contribution is -2.09. The van der Waals surface area contributed by atoms with Gasteiger partial charge in [-0.2, -0.15) is 0 Å². The van der Waals surface area contributed by atoms with Crippen LogP contribution in [0.15, 0.2) is 18.3 Å². The molecule has 2 aromatic rings. The highest BCUT2D eigenvalue weighted by atomic mass is 35.5. The molecule has 0 radical (unpaired) electrons. The van der Waals surface area contributed by atoms with Gasteiger partial charge in [-0.1, -0.05) is 44.0 Å². The average molecular weight is 331 g/mol. The van der Waals surface area contributed by atoms with Gasteiger partial charge in [0, 0.05) is 22.2 Å². The highest BCUT2D eigenvalue weighted by molar-refractivity contribution is 7.11. The van der Waals surface area contributed by atoms with Crippen molar-refractivity contribution in [3.05, 3.63) is 38.3 Å². The Morgan fingerprint density at radius 1 is 1.25 bits per heavy atom. The molecule has 2 N–H and O–H groups in total. The van der Waals surface area contributed by atoms with Crippen LogP contribution in [-0.2, 0) is 12.0 Å². The van der Waals surface area contributed by atoms with E-state index in [4.69, 9.17) is 23.2 Å². The van der Waals surface area contributed by atoms with Gasteiger partial charge in [0.2, 0.25) is 0 Å². The fraction of sp³-hybridized carbons (Fsp3) is 0.357. The first-order valence-electron chi connectivity index (χ1n) is 6.14. The lowest BCUT2D eigenvalue weighted by atomic mass is 9.98. The fourth-order valence-electron chi connectivity index (χ4n) is 1.59. The zero-order chi connectivity index (χ0) is 14.9. The van der Waals surface area contributed by atoms with E-state index in [1.165, 1.54) is 0 Å². The van der Waals surface area contributed by atoms with Crippen molar-refractivity contribution >= 4 is 40.2 Å². The highest BCUT2D eigenvalue weighted by Gasteiger charge is 2.17. The van der Waals surface area contributed by atoms with Gasteiger partial charge in [0.05, 0.1) is 21.6 Å². The fourth-order valence-corrected chi connectivity index (χ4v) is 2.99. The van der Waals surface area contributed by atoms with Crippen LogP contribution >= 0.6 is 34.5 Å². The zero-order valence-corrected chi connectivity index (χ0v) is 13.8. The first-order valence-corrected chi connectivity index (χ1v) is 7.71. The molecule has 1 aromatic carbocycles. The second kappa shape index (κ2) is 5.80. The van der Waals surface area contributed by atoms with Crippen LogP contribution in [0.5, 0.6) is 5.75 Å². The molecule has 0 spiro atoms. The average Bonchev–Trinajstić information content (AvgIpc) is 2.82. The van der Waals surface area contributed by atoms with E-state index >= 15 is 0 Å². The van der Waals surface area contributed by atoms with Crippen LogP contribution in [0.3, 0.4) is 0 Å². The molecule has 3 nitrogen and oxygen atoms in total. The van der Waals surface area contributed by atoms with Crippen molar-refractivity contribution in [3.8, 4) is 5.75 Å². The summed E-state index contributed by atoms with van der Waals surface area (Å²) < 4.78 is 0. The van der Waals surface area contributed by atoms with Crippen molar-refractivity contribution in [3.63, 3.8) is 0 Å². The molecule has 0 atom stereocenters. The van der Waals surface area contributed by atoms with Gasteiger partial charge in [0.25, 0.3) is 0 Å². The number of phenols is 1. The number of hydrogen-bond acceptors (Lipinski definition) is 4. The molecular weight excluding hydrogens is 315 g/mol. The smallest absolute Gasteiger partial charge is 0.152 e. The van der Waals surface area contributed by atoms with E-state index in [-0.39, 0.29) is 21.2 Å². The molecule has 1 aromatic heterocycles. The van der Waals surface area contributed by atoms with Gasteiger partial charge in [0.1, 0.15) is 0 Å². The van der Waals surface area contributed by atoms with E-state index in [9.17, 15) is 5.11 Å². The third kappa shape index (κ3) is 3.57. The number of hydrogen-bond donors (Lipinski definition) is 2. The number of rotatable bonds is 3. The molecule has 0 aliphatic rings. The maximum absolute atomic E-state index is 9.51. The Morgan fingerprint density at radius 3 is 2.35 bits per heavy atom.